The zero-order valence-corrected chi connectivity index (χ0v) is 9.30. The molecule has 2 aromatic rings. The Morgan fingerprint density at radius 1 is 1.53 bits per heavy atom. The van der Waals surface area contributed by atoms with Crippen LogP contribution in [0.3, 0.4) is 0 Å². The molecule has 0 saturated carbocycles. The summed E-state index contributed by atoms with van der Waals surface area (Å²) in [5.74, 6) is 0.216. The van der Waals surface area contributed by atoms with Gasteiger partial charge in [-0.15, -0.1) is 10.2 Å². The molecule has 2 rings (SSSR count). The highest BCUT2D eigenvalue weighted by atomic mass is 16.4. The Morgan fingerprint density at radius 2 is 2.35 bits per heavy atom. The van der Waals surface area contributed by atoms with E-state index in [4.69, 9.17) is 4.42 Å². The van der Waals surface area contributed by atoms with Gasteiger partial charge in [-0.25, -0.2) is 0 Å². The molecule has 0 aliphatic rings. The summed E-state index contributed by atoms with van der Waals surface area (Å²) in [6.45, 7) is 5.29. The molecule has 1 aromatic heterocycles. The van der Waals surface area contributed by atoms with E-state index in [1.54, 1.807) is 12.1 Å². The van der Waals surface area contributed by atoms with E-state index in [1.807, 2.05) is 13.0 Å². The third-order valence-electron chi connectivity index (χ3n) is 2.28. The molecule has 1 aromatic carbocycles. The number of carbonyl (C=O) groups is 1. The minimum Gasteiger partial charge on any atom is -0.423 e. The highest BCUT2D eigenvalue weighted by Crippen LogP contribution is 2.23. The van der Waals surface area contributed by atoms with E-state index in [1.165, 1.54) is 12.5 Å². The molecule has 0 aliphatic carbocycles. The van der Waals surface area contributed by atoms with Gasteiger partial charge in [-0.3, -0.25) is 4.79 Å². The van der Waals surface area contributed by atoms with Crippen molar-refractivity contribution in [1.82, 2.24) is 10.2 Å². The summed E-state index contributed by atoms with van der Waals surface area (Å²) in [6.07, 6.45) is 2.50. The summed E-state index contributed by atoms with van der Waals surface area (Å²) in [7, 11) is 0. The van der Waals surface area contributed by atoms with Crippen LogP contribution in [0.4, 0.5) is 5.69 Å². The van der Waals surface area contributed by atoms with Crippen LogP contribution in [0.5, 0.6) is 0 Å². The zero-order valence-electron chi connectivity index (χ0n) is 9.30. The van der Waals surface area contributed by atoms with E-state index in [2.05, 4.69) is 22.1 Å². The number of nitrogens with one attached hydrogen (secondary N) is 1. The Morgan fingerprint density at radius 3 is 2.94 bits per heavy atom. The van der Waals surface area contributed by atoms with Crippen LogP contribution in [0.25, 0.3) is 11.5 Å². The molecule has 0 unspecified atom stereocenters. The number of hydrogen-bond donors (Lipinski definition) is 1. The fraction of sp³-hybridized carbons (Fsp3) is 0.0833. The Labute approximate surface area is 98.2 Å². The average Bonchev–Trinajstić information content (AvgIpc) is 2.85. The Hall–Kier alpha value is -2.43. The van der Waals surface area contributed by atoms with Crippen LogP contribution in [0.15, 0.2) is 41.7 Å². The van der Waals surface area contributed by atoms with Gasteiger partial charge in [0.1, 0.15) is 0 Å². The minimum atomic E-state index is -0.237. The standard InChI is InChI=1S/C12H11N3O2/c1-3-11(16)14-10-5-4-9(6-8(10)2)12-15-13-7-17-12/h3-7H,1H2,2H3,(H,14,16). The first-order valence-electron chi connectivity index (χ1n) is 5.01. The van der Waals surface area contributed by atoms with E-state index in [-0.39, 0.29) is 5.91 Å². The number of carbonyl (C=O) groups excluding carboxylic acids is 1. The molecule has 1 heterocycles. The van der Waals surface area contributed by atoms with Crippen molar-refractivity contribution in [2.24, 2.45) is 0 Å². The topological polar surface area (TPSA) is 68.0 Å². The lowest BCUT2D eigenvalue weighted by Crippen LogP contribution is -2.08. The fourth-order valence-electron chi connectivity index (χ4n) is 1.42. The second-order valence-electron chi connectivity index (χ2n) is 3.47. The van der Waals surface area contributed by atoms with E-state index >= 15 is 0 Å². The number of aryl methyl sites for hydroxylation is 1. The highest BCUT2D eigenvalue weighted by Gasteiger charge is 2.07. The van der Waals surface area contributed by atoms with Gasteiger partial charge < -0.3 is 9.73 Å². The summed E-state index contributed by atoms with van der Waals surface area (Å²) in [5, 5.41) is 10.1. The molecule has 0 fully saturated rings. The molecule has 0 radical (unpaired) electrons. The maximum absolute atomic E-state index is 11.2. The van der Waals surface area contributed by atoms with Crippen molar-refractivity contribution in [2.75, 3.05) is 5.32 Å². The number of rotatable bonds is 3. The van der Waals surface area contributed by atoms with Crippen molar-refractivity contribution in [1.29, 1.82) is 0 Å². The Kier molecular flexibility index (Phi) is 3.00. The van der Waals surface area contributed by atoms with E-state index in [0.717, 1.165) is 16.8 Å². The second kappa shape index (κ2) is 4.61. The van der Waals surface area contributed by atoms with Crippen molar-refractivity contribution in [3.8, 4) is 11.5 Å². The van der Waals surface area contributed by atoms with Gasteiger partial charge >= 0.3 is 0 Å². The van der Waals surface area contributed by atoms with Gasteiger partial charge in [0, 0.05) is 11.3 Å². The van der Waals surface area contributed by atoms with Crippen LogP contribution in [-0.2, 0) is 4.79 Å². The summed E-state index contributed by atoms with van der Waals surface area (Å²) in [5.41, 5.74) is 2.46. The molecule has 0 bridgehead atoms. The maximum Gasteiger partial charge on any atom is 0.247 e. The minimum absolute atomic E-state index is 0.237. The van der Waals surface area contributed by atoms with Crippen LogP contribution in [-0.4, -0.2) is 16.1 Å². The summed E-state index contributed by atoms with van der Waals surface area (Å²) in [6, 6.07) is 5.46. The molecule has 5 heteroatoms. The normalized spacial score (nSPS) is 9.94. The van der Waals surface area contributed by atoms with E-state index in [0.29, 0.717) is 5.89 Å². The molecule has 86 valence electrons. The summed E-state index contributed by atoms with van der Waals surface area (Å²) < 4.78 is 5.09. The van der Waals surface area contributed by atoms with E-state index in [9.17, 15) is 4.79 Å². The van der Waals surface area contributed by atoms with Gasteiger partial charge in [0.25, 0.3) is 0 Å². The highest BCUT2D eigenvalue weighted by molar-refractivity contribution is 5.99. The number of aromatic nitrogens is 2. The number of nitrogens with zero attached hydrogens (tertiary/aromatic N) is 2. The van der Waals surface area contributed by atoms with Gasteiger partial charge in [0.2, 0.25) is 18.2 Å². The third-order valence-corrected chi connectivity index (χ3v) is 2.28. The Bertz CT molecular complexity index is 547. The van der Waals surface area contributed by atoms with E-state index < -0.39 is 0 Å². The first-order chi connectivity index (χ1) is 8.20. The van der Waals surface area contributed by atoms with Crippen molar-refractivity contribution in [3.63, 3.8) is 0 Å². The van der Waals surface area contributed by atoms with Gasteiger partial charge in [-0.1, -0.05) is 6.58 Å². The fourth-order valence-corrected chi connectivity index (χ4v) is 1.42. The first kappa shape index (κ1) is 11.1. The summed E-state index contributed by atoms with van der Waals surface area (Å²) >= 11 is 0. The van der Waals surface area contributed by atoms with Crippen LogP contribution in [0.1, 0.15) is 5.56 Å². The lowest BCUT2D eigenvalue weighted by Gasteiger charge is -2.07. The quantitative estimate of drug-likeness (QED) is 0.819. The van der Waals surface area contributed by atoms with Gasteiger partial charge in [-0.05, 0) is 36.8 Å². The molecule has 1 N–H and O–H groups in total. The average molecular weight is 229 g/mol. The third kappa shape index (κ3) is 2.39. The molecule has 0 saturated heterocycles. The Balaban J connectivity index is 2.29. The largest absolute Gasteiger partial charge is 0.423 e. The zero-order chi connectivity index (χ0) is 12.3. The van der Waals surface area contributed by atoms with Crippen LogP contribution in [0, 0.1) is 6.92 Å². The molecule has 0 spiro atoms. The number of anilines is 1. The van der Waals surface area contributed by atoms with Crippen molar-refractivity contribution in [3.05, 3.63) is 42.8 Å². The van der Waals surface area contributed by atoms with Gasteiger partial charge in [-0.2, -0.15) is 0 Å². The predicted octanol–water partition coefficient (Wildman–Crippen LogP) is 2.17. The van der Waals surface area contributed by atoms with Crippen molar-refractivity contribution < 1.29 is 9.21 Å². The first-order valence-corrected chi connectivity index (χ1v) is 5.01. The van der Waals surface area contributed by atoms with Crippen LogP contribution in [0.2, 0.25) is 0 Å². The summed E-state index contributed by atoms with van der Waals surface area (Å²) in [4.78, 5) is 11.2. The molecule has 0 aliphatic heterocycles. The van der Waals surface area contributed by atoms with Gasteiger partial charge in [0.05, 0.1) is 0 Å². The maximum atomic E-state index is 11.2. The smallest absolute Gasteiger partial charge is 0.247 e. The lowest BCUT2D eigenvalue weighted by molar-refractivity contribution is -0.111. The molecule has 1 amide bonds. The molecule has 0 atom stereocenters. The van der Waals surface area contributed by atoms with Crippen LogP contribution >= 0.6 is 0 Å². The lowest BCUT2D eigenvalue weighted by atomic mass is 10.1. The van der Waals surface area contributed by atoms with Crippen LogP contribution < -0.4 is 5.32 Å². The predicted molar refractivity (Wildman–Crippen MR) is 63.3 cm³/mol. The molecular formula is C12H11N3O2. The van der Waals surface area contributed by atoms with Crippen molar-refractivity contribution in [2.45, 2.75) is 6.92 Å². The number of hydrogen-bond acceptors (Lipinski definition) is 4. The SMILES string of the molecule is C=CC(=O)Nc1ccc(-c2nnco2)cc1C. The molecular weight excluding hydrogens is 218 g/mol. The van der Waals surface area contributed by atoms with Crippen molar-refractivity contribution >= 4 is 11.6 Å². The monoisotopic (exact) mass is 229 g/mol. The molecule has 17 heavy (non-hydrogen) atoms. The number of amides is 1. The van der Waals surface area contributed by atoms with Gasteiger partial charge in [0.15, 0.2) is 0 Å². The molecule has 5 nitrogen and oxygen atoms in total. The second-order valence-corrected chi connectivity index (χ2v) is 3.47. The number of benzene rings is 1.